The summed E-state index contributed by atoms with van der Waals surface area (Å²) in [7, 11) is 0. The van der Waals surface area contributed by atoms with Gasteiger partial charge < -0.3 is 5.32 Å². The number of carbonyl (C=O) groups excluding carboxylic acids is 1. The topological polar surface area (TPSA) is 53.2 Å². The fourth-order valence-corrected chi connectivity index (χ4v) is 3.41. The minimum atomic E-state index is -0.212. The predicted molar refractivity (Wildman–Crippen MR) is 96.4 cm³/mol. The van der Waals surface area contributed by atoms with Crippen molar-refractivity contribution in [3.63, 3.8) is 0 Å². The minimum absolute atomic E-state index is 0.212. The maximum atomic E-state index is 12.0. The second-order valence-corrected chi connectivity index (χ2v) is 7.26. The van der Waals surface area contributed by atoms with Gasteiger partial charge in [-0.25, -0.2) is 0 Å². The van der Waals surface area contributed by atoms with Crippen molar-refractivity contribution >= 4 is 39.2 Å². The predicted octanol–water partition coefficient (Wildman–Crippen LogP) is 3.38. The standard InChI is InChI=1S/C16H22BrN3OS/c1-10-5-3-8-14(11(10)2)18-16(22)20-19-15(21)12-6-4-7-13(17)9-12/h4,6-7,9-11,14H,3,5,8H2,1-2H3,(H,19,21)(H2,18,20,22)/t10-,11+,14+/m0/s1. The Balaban J connectivity index is 1.81. The lowest BCUT2D eigenvalue weighted by molar-refractivity contribution is 0.0943. The highest BCUT2D eigenvalue weighted by Crippen LogP contribution is 2.29. The average molecular weight is 384 g/mol. The van der Waals surface area contributed by atoms with E-state index in [9.17, 15) is 4.79 Å². The third kappa shape index (κ3) is 4.68. The molecule has 1 fully saturated rings. The van der Waals surface area contributed by atoms with Crippen LogP contribution in [0, 0.1) is 11.8 Å². The van der Waals surface area contributed by atoms with E-state index in [-0.39, 0.29) is 5.91 Å². The number of hydrogen-bond acceptors (Lipinski definition) is 2. The fourth-order valence-electron chi connectivity index (χ4n) is 2.81. The zero-order valence-corrected chi connectivity index (χ0v) is 15.3. The van der Waals surface area contributed by atoms with E-state index in [1.165, 1.54) is 12.8 Å². The molecule has 1 aliphatic rings. The molecule has 0 heterocycles. The van der Waals surface area contributed by atoms with E-state index >= 15 is 0 Å². The quantitative estimate of drug-likeness (QED) is 0.541. The van der Waals surface area contributed by atoms with Crippen molar-refractivity contribution in [2.45, 2.75) is 39.2 Å². The van der Waals surface area contributed by atoms with E-state index in [2.05, 4.69) is 45.9 Å². The maximum Gasteiger partial charge on any atom is 0.269 e. The highest BCUT2D eigenvalue weighted by molar-refractivity contribution is 9.10. The molecule has 0 unspecified atom stereocenters. The molecule has 2 rings (SSSR count). The van der Waals surface area contributed by atoms with Crippen LogP contribution in [0.1, 0.15) is 43.5 Å². The fraction of sp³-hybridized carbons (Fsp3) is 0.500. The van der Waals surface area contributed by atoms with Crippen molar-refractivity contribution in [1.82, 2.24) is 16.2 Å². The molecule has 1 aliphatic carbocycles. The van der Waals surface area contributed by atoms with Crippen molar-refractivity contribution in [1.29, 1.82) is 0 Å². The summed E-state index contributed by atoms with van der Waals surface area (Å²) in [5, 5.41) is 3.78. The smallest absolute Gasteiger partial charge is 0.269 e. The van der Waals surface area contributed by atoms with Crippen LogP contribution >= 0.6 is 28.1 Å². The van der Waals surface area contributed by atoms with Crippen LogP contribution in [0.15, 0.2) is 28.7 Å². The largest absolute Gasteiger partial charge is 0.358 e. The SMILES string of the molecule is C[C@@H]1[C@@H](C)CCC[C@H]1NC(=S)NNC(=O)c1cccc(Br)c1. The van der Waals surface area contributed by atoms with E-state index in [1.54, 1.807) is 12.1 Å². The van der Waals surface area contributed by atoms with E-state index in [1.807, 2.05) is 12.1 Å². The van der Waals surface area contributed by atoms with E-state index in [0.29, 0.717) is 28.6 Å². The monoisotopic (exact) mass is 383 g/mol. The summed E-state index contributed by atoms with van der Waals surface area (Å²) < 4.78 is 0.867. The summed E-state index contributed by atoms with van der Waals surface area (Å²) in [6, 6.07) is 7.58. The Morgan fingerprint density at radius 2 is 2.05 bits per heavy atom. The number of hydrazine groups is 1. The summed E-state index contributed by atoms with van der Waals surface area (Å²) >= 11 is 8.62. The molecule has 6 heteroatoms. The molecule has 0 aromatic heterocycles. The van der Waals surface area contributed by atoms with Gasteiger partial charge in [0, 0.05) is 16.1 Å². The Kier molecular flexibility index (Phi) is 6.20. The molecule has 0 spiro atoms. The van der Waals surface area contributed by atoms with Crippen LogP contribution in [0.25, 0.3) is 0 Å². The second kappa shape index (κ2) is 7.92. The summed E-state index contributed by atoms with van der Waals surface area (Å²) in [6.45, 7) is 4.54. The Bertz CT molecular complexity index is 552. The van der Waals surface area contributed by atoms with Gasteiger partial charge in [-0.2, -0.15) is 0 Å². The number of carbonyl (C=O) groups is 1. The minimum Gasteiger partial charge on any atom is -0.358 e. The number of hydrogen-bond donors (Lipinski definition) is 3. The number of amides is 1. The Hall–Kier alpha value is -1.14. The molecule has 22 heavy (non-hydrogen) atoms. The van der Waals surface area contributed by atoms with Gasteiger partial charge in [0.25, 0.3) is 5.91 Å². The molecule has 0 aliphatic heterocycles. The number of benzene rings is 1. The third-order valence-corrected chi connectivity index (χ3v) is 5.11. The lowest BCUT2D eigenvalue weighted by Crippen LogP contribution is -2.52. The molecule has 0 saturated heterocycles. The number of thiocarbonyl (C=S) groups is 1. The van der Waals surface area contributed by atoms with Crippen molar-refractivity contribution in [2.24, 2.45) is 11.8 Å². The van der Waals surface area contributed by atoms with E-state index < -0.39 is 0 Å². The van der Waals surface area contributed by atoms with Crippen molar-refractivity contribution < 1.29 is 4.79 Å². The molecular weight excluding hydrogens is 362 g/mol. The zero-order chi connectivity index (χ0) is 16.1. The number of nitrogens with one attached hydrogen (secondary N) is 3. The van der Waals surface area contributed by atoms with Gasteiger partial charge in [0.15, 0.2) is 5.11 Å². The number of halogens is 1. The normalized spacial score (nSPS) is 24.4. The first-order valence-corrected chi connectivity index (χ1v) is 8.80. The van der Waals surface area contributed by atoms with Crippen LogP contribution in [0.4, 0.5) is 0 Å². The first kappa shape index (κ1) is 17.2. The summed E-state index contributed by atoms with van der Waals surface area (Å²) in [6.07, 6.45) is 3.61. The molecule has 3 atom stereocenters. The highest BCUT2D eigenvalue weighted by atomic mass is 79.9. The molecule has 0 radical (unpaired) electrons. The Morgan fingerprint density at radius 3 is 2.77 bits per heavy atom. The lowest BCUT2D eigenvalue weighted by Gasteiger charge is -2.35. The molecular formula is C16H22BrN3OS. The van der Waals surface area contributed by atoms with Crippen LogP contribution in [-0.2, 0) is 0 Å². The van der Waals surface area contributed by atoms with Gasteiger partial charge in [0.05, 0.1) is 0 Å². The Morgan fingerprint density at radius 1 is 1.27 bits per heavy atom. The zero-order valence-electron chi connectivity index (χ0n) is 12.9. The molecule has 120 valence electrons. The molecule has 0 bridgehead atoms. The maximum absolute atomic E-state index is 12.0. The van der Waals surface area contributed by atoms with Crippen LogP contribution in [0.5, 0.6) is 0 Å². The summed E-state index contributed by atoms with van der Waals surface area (Å²) in [4.78, 5) is 12.0. The van der Waals surface area contributed by atoms with Crippen molar-refractivity contribution in [3.8, 4) is 0 Å². The Labute approximate surface area is 145 Å². The van der Waals surface area contributed by atoms with Gasteiger partial charge in [-0.15, -0.1) is 0 Å². The van der Waals surface area contributed by atoms with Crippen LogP contribution in [-0.4, -0.2) is 17.1 Å². The van der Waals surface area contributed by atoms with Gasteiger partial charge in [0.1, 0.15) is 0 Å². The van der Waals surface area contributed by atoms with Crippen LogP contribution in [0.2, 0.25) is 0 Å². The van der Waals surface area contributed by atoms with Crippen molar-refractivity contribution in [2.75, 3.05) is 0 Å². The molecule has 1 amide bonds. The van der Waals surface area contributed by atoms with Gasteiger partial charge in [-0.05, 0) is 48.7 Å². The van der Waals surface area contributed by atoms with Gasteiger partial charge in [-0.1, -0.05) is 48.7 Å². The average Bonchev–Trinajstić information content (AvgIpc) is 2.49. The van der Waals surface area contributed by atoms with E-state index in [0.717, 1.165) is 10.9 Å². The molecule has 4 nitrogen and oxygen atoms in total. The van der Waals surface area contributed by atoms with Crippen molar-refractivity contribution in [3.05, 3.63) is 34.3 Å². The summed E-state index contributed by atoms with van der Waals surface area (Å²) in [5.41, 5.74) is 5.99. The highest BCUT2D eigenvalue weighted by Gasteiger charge is 2.27. The van der Waals surface area contributed by atoms with Gasteiger partial charge in [-0.3, -0.25) is 15.6 Å². The van der Waals surface area contributed by atoms with E-state index in [4.69, 9.17) is 12.2 Å². The van der Waals surface area contributed by atoms with Gasteiger partial charge >= 0.3 is 0 Å². The van der Waals surface area contributed by atoms with Crippen LogP contribution in [0.3, 0.4) is 0 Å². The van der Waals surface area contributed by atoms with Crippen LogP contribution < -0.4 is 16.2 Å². The first-order chi connectivity index (χ1) is 10.5. The van der Waals surface area contributed by atoms with Gasteiger partial charge in [0.2, 0.25) is 0 Å². The molecule has 3 N–H and O–H groups in total. The first-order valence-electron chi connectivity index (χ1n) is 7.60. The molecule has 1 saturated carbocycles. The number of rotatable bonds is 2. The lowest BCUT2D eigenvalue weighted by atomic mass is 9.78. The molecule has 1 aromatic carbocycles. The third-order valence-electron chi connectivity index (χ3n) is 4.40. The summed E-state index contributed by atoms with van der Waals surface area (Å²) in [5.74, 6) is 1.06. The molecule has 1 aromatic rings. The second-order valence-electron chi connectivity index (χ2n) is 5.94.